The Morgan fingerprint density at radius 1 is 1.16 bits per heavy atom. The van der Waals surface area contributed by atoms with Gasteiger partial charge in [0.25, 0.3) is 0 Å². The molecule has 0 nitrogen and oxygen atoms in total. The van der Waals surface area contributed by atoms with E-state index in [0.717, 1.165) is 23.7 Å². The first kappa shape index (κ1) is 20.8. The first-order chi connectivity index (χ1) is 11.7. The van der Waals surface area contributed by atoms with Crippen LogP contribution in [0.15, 0.2) is 22.8 Å². The van der Waals surface area contributed by atoms with E-state index in [9.17, 15) is 0 Å². The van der Waals surface area contributed by atoms with Gasteiger partial charge in [-0.1, -0.05) is 57.4 Å². The van der Waals surface area contributed by atoms with E-state index in [1.807, 2.05) is 0 Å². The summed E-state index contributed by atoms with van der Waals surface area (Å²) in [7, 11) is 0. The summed E-state index contributed by atoms with van der Waals surface area (Å²) in [6, 6.07) is 0. The number of rotatable bonds is 8. The van der Waals surface area contributed by atoms with Crippen molar-refractivity contribution < 1.29 is 0 Å². The second-order valence-electron chi connectivity index (χ2n) is 9.77. The maximum Gasteiger partial charge on any atom is -0.0119 e. The van der Waals surface area contributed by atoms with Crippen LogP contribution < -0.4 is 0 Å². The average molecular weight is 345 g/mol. The standard InChI is InChI=1S/C25H44/c1-10-21(22(11-2)24(9,12-3)13-4)23-15-19(8)25(23)16-20(25)14-18(7)17(5)6/h11,19-21,23H,10,12-16H2,1-9H3. The van der Waals surface area contributed by atoms with Crippen LogP contribution in [-0.2, 0) is 0 Å². The minimum absolute atomic E-state index is 0.398. The summed E-state index contributed by atoms with van der Waals surface area (Å²) < 4.78 is 0. The van der Waals surface area contributed by atoms with E-state index < -0.39 is 0 Å². The molecule has 0 heterocycles. The van der Waals surface area contributed by atoms with E-state index in [1.54, 1.807) is 11.1 Å². The van der Waals surface area contributed by atoms with Crippen molar-refractivity contribution in [3.63, 3.8) is 0 Å². The molecule has 0 aliphatic heterocycles. The molecule has 5 unspecified atom stereocenters. The van der Waals surface area contributed by atoms with Gasteiger partial charge in [-0.3, -0.25) is 0 Å². The Balaban J connectivity index is 2.23. The normalized spacial score (nSPS) is 33.2. The summed E-state index contributed by atoms with van der Waals surface area (Å²) in [5.74, 6) is 3.64. The fraction of sp³-hybridized carbons (Fsp3) is 0.840. The van der Waals surface area contributed by atoms with Crippen molar-refractivity contribution in [1.82, 2.24) is 0 Å². The van der Waals surface area contributed by atoms with E-state index in [1.165, 1.54) is 44.1 Å². The van der Waals surface area contributed by atoms with Crippen LogP contribution in [0.3, 0.4) is 0 Å². The third-order valence-electron chi connectivity index (χ3n) is 8.71. The van der Waals surface area contributed by atoms with Crippen LogP contribution >= 0.6 is 0 Å². The van der Waals surface area contributed by atoms with Crippen LogP contribution in [-0.4, -0.2) is 0 Å². The van der Waals surface area contributed by atoms with E-state index in [2.05, 4.69) is 68.4 Å². The van der Waals surface area contributed by atoms with Gasteiger partial charge in [-0.25, -0.2) is 0 Å². The molecule has 0 aromatic rings. The second-order valence-corrected chi connectivity index (χ2v) is 9.77. The lowest BCUT2D eigenvalue weighted by Gasteiger charge is -2.52. The van der Waals surface area contributed by atoms with Crippen molar-refractivity contribution in [2.24, 2.45) is 34.5 Å². The molecule has 0 aromatic carbocycles. The molecule has 2 aliphatic rings. The predicted molar refractivity (Wildman–Crippen MR) is 113 cm³/mol. The van der Waals surface area contributed by atoms with Gasteiger partial charge >= 0.3 is 0 Å². The van der Waals surface area contributed by atoms with Gasteiger partial charge in [-0.05, 0) is 101 Å². The summed E-state index contributed by atoms with van der Waals surface area (Å²) in [4.78, 5) is 0. The molecule has 0 aromatic heterocycles. The Kier molecular flexibility index (Phi) is 6.33. The fourth-order valence-electron chi connectivity index (χ4n) is 6.21. The van der Waals surface area contributed by atoms with E-state index in [0.29, 0.717) is 10.8 Å². The van der Waals surface area contributed by atoms with Crippen LogP contribution in [0.5, 0.6) is 0 Å². The maximum atomic E-state index is 2.54. The largest absolute Gasteiger partial charge is 0.0876 e. The second kappa shape index (κ2) is 7.61. The van der Waals surface area contributed by atoms with Crippen molar-refractivity contribution >= 4 is 0 Å². The number of allylic oxidation sites excluding steroid dienone is 4. The Morgan fingerprint density at radius 2 is 1.76 bits per heavy atom. The smallest absolute Gasteiger partial charge is 0.0119 e. The summed E-state index contributed by atoms with van der Waals surface area (Å²) >= 11 is 0. The Bertz CT molecular complexity index is 526. The molecule has 0 bridgehead atoms. The zero-order chi connectivity index (χ0) is 19.0. The highest BCUT2D eigenvalue weighted by molar-refractivity contribution is 5.26. The lowest BCUT2D eigenvalue weighted by atomic mass is 9.52. The minimum Gasteiger partial charge on any atom is -0.0876 e. The summed E-state index contributed by atoms with van der Waals surface area (Å²) in [5, 5.41) is 0. The molecule has 2 fully saturated rings. The van der Waals surface area contributed by atoms with Crippen LogP contribution in [0.2, 0.25) is 0 Å². The minimum atomic E-state index is 0.398. The summed E-state index contributed by atoms with van der Waals surface area (Å²) in [5.41, 5.74) is 6.03. The van der Waals surface area contributed by atoms with Crippen molar-refractivity contribution in [3.05, 3.63) is 22.8 Å². The monoisotopic (exact) mass is 344 g/mol. The SMILES string of the molecule is CC=C(C(CC)C1CC(C)C12CC2CC(C)=C(C)C)C(C)(CC)CC. The van der Waals surface area contributed by atoms with Crippen LogP contribution in [0.4, 0.5) is 0 Å². The van der Waals surface area contributed by atoms with E-state index in [-0.39, 0.29) is 0 Å². The Labute approximate surface area is 158 Å². The fourth-order valence-corrected chi connectivity index (χ4v) is 6.21. The Hall–Kier alpha value is -0.520. The van der Waals surface area contributed by atoms with Gasteiger partial charge in [0.2, 0.25) is 0 Å². The van der Waals surface area contributed by atoms with Gasteiger partial charge in [0.05, 0.1) is 0 Å². The molecule has 2 rings (SSSR count). The first-order valence-corrected chi connectivity index (χ1v) is 11.0. The summed E-state index contributed by atoms with van der Waals surface area (Å²) in [6.45, 7) is 21.5. The topological polar surface area (TPSA) is 0 Å². The highest BCUT2D eigenvalue weighted by atomic mass is 14.7. The van der Waals surface area contributed by atoms with Gasteiger partial charge in [0.1, 0.15) is 0 Å². The van der Waals surface area contributed by atoms with Crippen molar-refractivity contribution in [1.29, 1.82) is 0 Å². The molecular formula is C25H44. The first-order valence-electron chi connectivity index (χ1n) is 11.0. The molecule has 2 saturated carbocycles. The zero-order valence-corrected chi connectivity index (χ0v) is 18.6. The zero-order valence-electron chi connectivity index (χ0n) is 18.6. The van der Waals surface area contributed by atoms with Crippen molar-refractivity contribution in [3.8, 4) is 0 Å². The molecule has 0 N–H and O–H groups in total. The van der Waals surface area contributed by atoms with Crippen LogP contribution in [0.25, 0.3) is 0 Å². The van der Waals surface area contributed by atoms with E-state index in [4.69, 9.17) is 0 Å². The molecule has 0 saturated heterocycles. The molecule has 0 amide bonds. The lowest BCUT2D eigenvalue weighted by Crippen LogP contribution is -2.45. The molecule has 0 radical (unpaired) electrons. The van der Waals surface area contributed by atoms with E-state index >= 15 is 0 Å². The van der Waals surface area contributed by atoms with Gasteiger partial charge < -0.3 is 0 Å². The molecule has 1 spiro atoms. The molecule has 144 valence electrons. The van der Waals surface area contributed by atoms with Crippen molar-refractivity contribution in [2.45, 2.75) is 101 Å². The molecule has 5 atom stereocenters. The third-order valence-corrected chi connectivity index (χ3v) is 8.71. The number of hydrogen-bond donors (Lipinski definition) is 0. The van der Waals surface area contributed by atoms with Gasteiger partial charge in [-0.2, -0.15) is 0 Å². The van der Waals surface area contributed by atoms with Crippen LogP contribution in [0.1, 0.15) is 101 Å². The van der Waals surface area contributed by atoms with Crippen LogP contribution in [0, 0.1) is 34.5 Å². The number of hydrogen-bond acceptors (Lipinski definition) is 0. The Morgan fingerprint density at radius 3 is 2.16 bits per heavy atom. The highest BCUT2D eigenvalue weighted by Crippen LogP contribution is 2.76. The quantitative estimate of drug-likeness (QED) is 0.389. The predicted octanol–water partition coefficient (Wildman–Crippen LogP) is 8.19. The molecular weight excluding hydrogens is 300 g/mol. The van der Waals surface area contributed by atoms with Crippen molar-refractivity contribution in [2.75, 3.05) is 0 Å². The third kappa shape index (κ3) is 3.40. The average Bonchev–Trinajstić information content (AvgIpc) is 3.34. The van der Waals surface area contributed by atoms with Gasteiger partial charge in [0.15, 0.2) is 0 Å². The summed E-state index contributed by atoms with van der Waals surface area (Å²) in [6.07, 6.45) is 10.7. The molecule has 0 heteroatoms. The van der Waals surface area contributed by atoms with Gasteiger partial charge in [0, 0.05) is 0 Å². The molecule has 2 aliphatic carbocycles. The highest BCUT2D eigenvalue weighted by Gasteiger charge is 2.68. The van der Waals surface area contributed by atoms with Gasteiger partial charge in [-0.15, -0.1) is 0 Å². The lowest BCUT2D eigenvalue weighted by molar-refractivity contribution is -0.000855. The molecule has 25 heavy (non-hydrogen) atoms. The maximum absolute atomic E-state index is 2.54.